The third-order valence-electron chi connectivity index (χ3n) is 6.23. The maximum absolute atomic E-state index is 13.1. The zero-order chi connectivity index (χ0) is 27.1. The highest BCUT2D eigenvalue weighted by molar-refractivity contribution is 6.33. The van der Waals surface area contributed by atoms with E-state index >= 15 is 0 Å². The smallest absolute Gasteiger partial charge is 0.335 e. The van der Waals surface area contributed by atoms with Crippen LogP contribution in [-0.4, -0.2) is 54.2 Å². The lowest BCUT2D eigenvalue weighted by Gasteiger charge is -2.25. The first-order chi connectivity index (χ1) is 18.3. The molecule has 0 unspecified atom stereocenters. The lowest BCUT2D eigenvalue weighted by molar-refractivity contribution is -0.131. The van der Waals surface area contributed by atoms with Crippen molar-refractivity contribution in [3.8, 4) is 11.5 Å². The van der Waals surface area contributed by atoms with E-state index in [0.717, 1.165) is 18.4 Å². The van der Waals surface area contributed by atoms with Crippen LogP contribution in [-0.2, 0) is 11.2 Å². The van der Waals surface area contributed by atoms with Gasteiger partial charge in [-0.05, 0) is 66.9 Å². The van der Waals surface area contributed by atoms with Gasteiger partial charge in [0.2, 0.25) is 5.91 Å². The van der Waals surface area contributed by atoms with Gasteiger partial charge in [0, 0.05) is 6.54 Å². The number of aromatic carboxylic acids is 1. The molecule has 0 radical (unpaired) electrons. The number of urea groups is 1. The molecule has 3 amide bonds. The Bertz CT molecular complexity index is 1310. The van der Waals surface area contributed by atoms with Crippen LogP contribution in [0.5, 0.6) is 11.5 Å². The summed E-state index contributed by atoms with van der Waals surface area (Å²) in [6.07, 6.45) is 1.88. The molecule has 3 aromatic carbocycles. The molecule has 1 fully saturated rings. The van der Waals surface area contributed by atoms with Crippen molar-refractivity contribution in [3.63, 3.8) is 0 Å². The van der Waals surface area contributed by atoms with Crippen molar-refractivity contribution in [1.29, 1.82) is 0 Å². The number of rotatable bonds is 9. The summed E-state index contributed by atoms with van der Waals surface area (Å²) < 4.78 is 11.3. The Morgan fingerprint density at radius 1 is 1.03 bits per heavy atom. The number of anilines is 2. The Kier molecular flexibility index (Phi) is 8.70. The second kappa shape index (κ2) is 12.3. The van der Waals surface area contributed by atoms with E-state index in [1.54, 1.807) is 54.6 Å². The maximum atomic E-state index is 13.1. The minimum absolute atomic E-state index is 0.0310. The Hall–Kier alpha value is -4.24. The van der Waals surface area contributed by atoms with Crippen LogP contribution >= 0.6 is 11.6 Å². The number of nitrogens with one attached hydrogen (secondary N) is 2. The fourth-order valence-electron chi connectivity index (χ4n) is 4.29. The highest BCUT2D eigenvalue weighted by Crippen LogP contribution is 2.28. The van der Waals surface area contributed by atoms with Gasteiger partial charge in [0.05, 0.1) is 41.5 Å². The minimum atomic E-state index is -0.995. The fraction of sp³-hybridized carbons (Fsp3) is 0.250. The van der Waals surface area contributed by atoms with Gasteiger partial charge in [0.25, 0.3) is 0 Å². The monoisotopic (exact) mass is 537 g/mol. The number of nitrogens with zero attached hydrogens (tertiary/aromatic N) is 1. The summed E-state index contributed by atoms with van der Waals surface area (Å²) in [5.41, 5.74) is 1.87. The third-order valence-corrected chi connectivity index (χ3v) is 6.56. The molecular weight excluding hydrogens is 510 g/mol. The van der Waals surface area contributed by atoms with Crippen LogP contribution in [0.25, 0.3) is 0 Å². The molecule has 3 N–H and O–H groups in total. The van der Waals surface area contributed by atoms with Crippen molar-refractivity contribution in [2.45, 2.75) is 25.3 Å². The molecular formula is C28H28ClN3O6. The first-order valence-electron chi connectivity index (χ1n) is 12.1. The van der Waals surface area contributed by atoms with Gasteiger partial charge in [-0.25, -0.2) is 9.59 Å². The topological polar surface area (TPSA) is 117 Å². The Morgan fingerprint density at radius 3 is 2.47 bits per heavy atom. The summed E-state index contributed by atoms with van der Waals surface area (Å²) in [6, 6.07) is 17.8. The summed E-state index contributed by atoms with van der Waals surface area (Å²) in [4.78, 5) is 38.4. The molecule has 9 nitrogen and oxygen atoms in total. The van der Waals surface area contributed by atoms with Gasteiger partial charge >= 0.3 is 12.0 Å². The summed E-state index contributed by atoms with van der Waals surface area (Å²) in [5, 5.41) is 14.9. The van der Waals surface area contributed by atoms with E-state index in [2.05, 4.69) is 10.6 Å². The van der Waals surface area contributed by atoms with Gasteiger partial charge < -0.3 is 30.1 Å². The van der Waals surface area contributed by atoms with Gasteiger partial charge in [-0.15, -0.1) is 0 Å². The second-order valence-electron chi connectivity index (χ2n) is 8.79. The molecule has 4 rings (SSSR count). The molecule has 1 aliphatic heterocycles. The number of benzene rings is 3. The number of amides is 3. The summed E-state index contributed by atoms with van der Waals surface area (Å²) in [5.74, 6) is -0.0436. The lowest BCUT2D eigenvalue weighted by Crippen LogP contribution is -2.39. The number of likely N-dealkylation sites (tertiary alicyclic amines) is 1. The largest absolute Gasteiger partial charge is 0.495 e. The van der Waals surface area contributed by atoms with Crippen molar-refractivity contribution in [3.05, 3.63) is 82.9 Å². The molecule has 0 aliphatic carbocycles. The lowest BCUT2D eigenvalue weighted by atomic mass is 10.1. The molecule has 1 heterocycles. The number of hydrogen-bond acceptors (Lipinski definition) is 5. The number of halogens is 1. The van der Waals surface area contributed by atoms with Crippen molar-refractivity contribution >= 4 is 40.9 Å². The molecule has 0 spiro atoms. The molecule has 3 aromatic rings. The van der Waals surface area contributed by atoms with Gasteiger partial charge in [-0.2, -0.15) is 0 Å². The molecule has 1 aliphatic rings. The molecule has 10 heteroatoms. The fourth-order valence-corrected chi connectivity index (χ4v) is 4.47. The standard InChI is InChI=1S/C28H28ClN3O6/c1-37-25-15-18(8-13-24(25)31-28(36)30-23-7-3-2-6-22(23)29)16-26(33)32-14-4-5-20(32)17-38-21-11-9-19(10-12-21)27(34)35/h2-3,6-13,15,20H,4-5,14,16-17H2,1H3,(H,34,35)(H2,30,31,36)/t20-/m0/s1. The van der Waals surface area contributed by atoms with Crippen molar-refractivity contribution in [2.24, 2.45) is 0 Å². The van der Waals surface area contributed by atoms with E-state index in [4.69, 9.17) is 26.2 Å². The highest BCUT2D eigenvalue weighted by atomic mass is 35.5. The van der Waals surface area contributed by atoms with E-state index < -0.39 is 12.0 Å². The predicted molar refractivity (Wildman–Crippen MR) is 144 cm³/mol. The number of carboxylic acids is 1. The summed E-state index contributed by atoms with van der Waals surface area (Å²) >= 11 is 6.10. The van der Waals surface area contributed by atoms with E-state index in [1.807, 2.05) is 4.90 Å². The molecule has 0 bridgehead atoms. The normalized spacial score (nSPS) is 14.6. The van der Waals surface area contributed by atoms with Crippen LogP contribution < -0.4 is 20.1 Å². The van der Waals surface area contributed by atoms with Gasteiger partial charge in [-0.1, -0.05) is 29.8 Å². The van der Waals surface area contributed by atoms with Crippen LogP contribution in [0.3, 0.4) is 0 Å². The summed E-state index contributed by atoms with van der Waals surface area (Å²) in [6.45, 7) is 0.967. The summed E-state index contributed by atoms with van der Waals surface area (Å²) in [7, 11) is 1.49. The van der Waals surface area contributed by atoms with Gasteiger partial charge in [0.1, 0.15) is 18.1 Å². The number of carboxylic acid groups (broad SMARTS) is 1. The molecule has 198 valence electrons. The molecule has 0 saturated carbocycles. The Labute approximate surface area is 225 Å². The van der Waals surface area contributed by atoms with Crippen LogP contribution in [0.2, 0.25) is 5.02 Å². The van der Waals surface area contributed by atoms with Crippen molar-refractivity contribution < 1.29 is 29.0 Å². The minimum Gasteiger partial charge on any atom is -0.495 e. The Balaban J connectivity index is 1.34. The SMILES string of the molecule is COc1cc(CC(=O)N2CCC[C@H]2COc2ccc(C(=O)O)cc2)ccc1NC(=O)Nc1ccccc1Cl. The highest BCUT2D eigenvalue weighted by Gasteiger charge is 2.29. The number of methoxy groups -OCH3 is 1. The third kappa shape index (κ3) is 6.74. The number of carbonyl (C=O) groups excluding carboxylic acids is 2. The number of hydrogen-bond donors (Lipinski definition) is 3. The quantitative estimate of drug-likeness (QED) is 0.341. The average molecular weight is 538 g/mol. The van der Waals surface area contributed by atoms with Crippen LogP contribution in [0.4, 0.5) is 16.2 Å². The first-order valence-corrected chi connectivity index (χ1v) is 12.5. The van der Waals surface area contributed by atoms with Crippen LogP contribution in [0.15, 0.2) is 66.7 Å². The maximum Gasteiger partial charge on any atom is 0.335 e. The molecule has 38 heavy (non-hydrogen) atoms. The van der Waals surface area contributed by atoms with Crippen molar-refractivity contribution in [2.75, 3.05) is 30.9 Å². The van der Waals surface area contributed by atoms with Gasteiger partial charge in [0.15, 0.2) is 0 Å². The zero-order valence-corrected chi connectivity index (χ0v) is 21.5. The van der Waals surface area contributed by atoms with E-state index in [-0.39, 0.29) is 23.9 Å². The second-order valence-corrected chi connectivity index (χ2v) is 9.20. The van der Waals surface area contributed by atoms with Gasteiger partial charge in [-0.3, -0.25) is 4.79 Å². The average Bonchev–Trinajstić information content (AvgIpc) is 3.39. The first kappa shape index (κ1) is 26.8. The van der Waals surface area contributed by atoms with E-state index in [1.165, 1.54) is 19.2 Å². The predicted octanol–water partition coefficient (Wildman–Crippen LogP) is 5.30. The number of ether oxygens (including phenoxy) is 2. The number of para-hydroxylation sites is 1. The molecule has 1 saturated heterocycles. The Morgan fingerprint density at radius 2 is 1.76 bits per heavy atom. The number of carbonyl (C=O) groups is 3. The van der Waals surface area contributed by atoms with Crippen LogP contribution in [0, 0.1) is 0 Å². The molecule has 0 aromatic heterocycles. The zero-order valence-electron chi connectivity index (χ0n) is 20.8. The molecule has 1 atom stereocenters. The van der Waals surface area contributed by atoms with E-state index in [0.29, 0.717) is 41.0 Å². The van der Waals surface area contributed by atoms with E-state index in [9.17, 15) is 14.4 Å². The van der Waals surface area contributed by atoms with Crippen molar-refractivity contribution in [1.82, 2.24) is 4.90 Å². The van der Waals surface area contributed by atoms with Crippen LogP contribution in [0.1, 0.15) is 28.8 Å².